The molecule has 1 saturated heterocycles. The van der Waals surface area contributed by atoms with Crippen molar-refractivity contribution in [2.75, 3.05) is 19.6 Å². The van der Waals surface area contributed by atoms with Crippen LogP contribution in [0.2, 0.25) is 0 Å². The number of carbonyl (C=O) groups excluding carboxylic acids is 1. The smallest absolute Gasteiger partial charge is 0.263 e. The van der Waals surface area contributed by atoms with E-state index in [0.717, 1.165) is 25.9 Å². The van der Waals surface area contributed by atoms with Crippen LogP contribution in [-0.4, -0.2) is 45.1 Å². The topological polar surface area (TPSA) is 93.8 Å². The van der Waals surface area contributed by atoms with Gasteiger partial charge in [0.2, 0.25) is 0 Å². The van der Waals surface area contributed by atoms with Crippen molar-refractivity contribution in [3.8, 4) is 0 Å². The summed E-state index contributed by atoms with van der Waals surface area (Å²) in [4.78, 5) is 25.2. The molecule has 2 aromatic heterocycles. The third-order valence-electron chi connectivity index (χ3n) is 4.55. The molecule has 1 atom stereocenters. The molecule has 0 saturated carbocycles. The minimum Gasteiger partial charge on any atom is -0.350 e. The second kappa shape index (κ2) is 9.49. The fourth-order valence-corrected chi connectivity index (χ4v) is 3.17. The molecule has 26 heavy (non-hydrogen) atoms. The maximum absolute atomic E-state index is 12.8. The molecule has 0 bridgehead atoms. The number of pyridine rings is 1. The molecule has 9 heteroatoms. The molecular weight excluding hydrogens is 356 g/mol. The number of hydrogen-bond acceptors (Lipinski definition) is 5. The lowest BCUT2D eigenvalue weighted by Crippen LogP contribution is -2.38. The lowest BCUT2D eigenvalue weighted by Gasteiger charge is -2.23. The normalized spacial score (nSPS) is 16.7. The summed E-state index contributed by atoms with van der Waals surface area (Å²) >= 11 is 0. The van der Waals surface area contributed by atoms with E-state index in [1.54, 1.807) is 34.8 Å². The van der Waals surface area contributed by atoms with Gasteiger partial charge in [-0.05, 0) is 50.4 Å². The van der Waals surface area contributed by atoms with Gasteiger partial charge in [-0.1, -0.05) is 5.21 Å². The summed E-state index contributed by atoms with van der Waals surface area (Å²) in [6.07, 6.45) is 7.33. The minimum absolute atomic E-state index is 0. The van der Waals surface area contributed by atoms with Gasteiger partial charge in [-0.2, -0.15) is 0 Å². The van der Waals surface area contributed by atoms with Gasteiger partial charge < -0.3 is 15.2 Å². The second-order valence-electron chi connectivity index (χ2n) is 6.47. The highest BCUT2D eigenvalue weighted by atomic mass is 35.5. The first kappa shape index (κ1) is 20.1. The van der Waals surface area contributed by atoms with Crippen molar-refractivity contribution in [2.45, 2.75) is 32.9 Å². The molecule has 0 aliphatic carbocycles. The molecule has 1 aliphatic rings. The van der Waals surface area contributed by atoms with E-state index in [1.807, 2.05) is 6.07 Å². The van der Waals surface area contributed by atoms with Crippen molar-refractivity contribution in [2.24, 2.45) is 5.92 Å². The van der Waals surface area contributed by atoms with Gasteiger partial charge in [0.25, 0.3) is 11.5 Å². The quantitative estimate of drug-likeness (QED) is 0.765. The van der Waals surface area contributed by atoms with Crippen LogP contribution in [0, 0.1) is 12.8 Å². The molecule has 0 spiro atoms. The Morgan fingerprint density at radius 2 is 2.27 bits per heavy atom. The Balaban J connectivity index is 0.00000243. The van der Waals surface area contributed by atoms with Crippen molar-refractivity contribution in [1.29, 1.82) is 0 Å². The van der Waals surface area contributed by atoms with Crippen LogP contribution < -0.4 is 16.2 Å². The van der Waals surface area contributed by atoms with E-state index in [-0.39, 0.29) is 29.4 Å². The number of aryl methyl sites for hydroxylation is 1. The summed E-state index contributed by atoms with van der Waals surface area (Å²) in [5.41, 5.74) is 0.704. The molecule has 1 aliphatic heterocycles. The van der Waals surface area contributed by atoms with Crippen LogP contribution in [-0.2, 0) is 13.1 Å². The Kier molecular flexibility index (Phi) is 7.35. The Morgan fingerprint density at radius 3 is 2.96 bits per heavy atom. The molecule has 1 amide bonds. The largest absolute Gasteiger partial charge is 0.350 e. The van der Waals surface area contributed by atoms with Crippen LogP contribution in [0.1, 0.15) is 28.8 Å². The molecule has 8 nitrogen and oxygen atoms in total. The predicted octanol–water partition coefficient (Wildman–Crippen LogP) is 0.600. The number of nitrogens with zero attached hydrogens (tertiary/aromatic N) is 4. The number of piperidine rings is 1. The third-order valence-corrected chi connectivity index (χ3v) is 4.55. The highest BCUT2D eigenvalue weighted by Gasteiger charge is 2.18. The van der Waals surface area contributed by atoms with Gasteiger partial charge in [0, 0.05) is 25.5 Å². The summed E-state index contributed by atoms with van der Waals surface area (Å²) < 4.78 is 3.30. The average Bonchev–Trinajstić information content (AvgIpc) is 3.12. The molecule has 2 N–H and O–H groups in total. The van der Waals surface area contributed by atoms with Crippen molar-refractivity contribution >= 4 is 18.3 Å². The standard InChI is InChI=1S/C17H24N6O2.ClH/c1-13-4-8-22(12-14-3-2-5-18-11-14)17(25)15(13)16(24)19-6-9-23-10-7-20-21-23;/h4,7-8,10,14,18H,2-3,5-6,9,11-12H2,1H3,(H,19,24);1H. The maximum Gasteiger partial charge on any atom is 0.263 e. The van der Waals surface area contributed by atoms with E-state index in [0.29, 0.717) is 31.1 Å². The number of aromatic nitrogens is 4. The van der Waals surface area contributed by atoms with Crippen LogP contribution in [0.25, 0.3) is 0 Å². The van der Waals surface area contributed by atoms with Crippen LogP contribution in [0.15, 0.2) is 29.5 Å². The number of halogens is 1. The summed E-state index contributed by atoms with van der Waals surface area (Å²) in [5.74, 6) is 0.0936. The molecule has 1 unspecified atom stereocenters. The number of amides is 1. The van der Waals surface area contributed by atoms with Gasteiger partial charge in [0.1, 0.15) is 5.56 Å². The summed E-state index contributed by atoms with van der Waals surface area (Å²) in [7, 11) is 0. The lowest BCUT2D eigenvalue weighted by molar-refractivity contribution is 0.0949. The molecule has 3 rings (SSSR count). The first-order chi connectivity index (χ1) is 12.1. The van der Waals surface area contributed by atoms with Crippen molar-refractivity contribution in [3.63, 3.8) is 0 Å². The summed E-state index contributed by atoms with van der Waals surface area (Å²) in [6.45, 7) is 5.30. The fraction of sp³-hybridized carbons (Fsp3) is 0.529. The molecule has 2 aromatic rings. The van der Waals surface area contributed by atoms with Crippen molar-refractivity contribution in [1.82, 2.24) is 30.2 Å². The highest BCUT2D eigenvalue weighted by Crippen LogP contribution is 2.12. The molecule has 0 aromatic carbocycles. The minimum atomic E-state index is -0.335. The Morgan fingerprint density at radius 1 is 1.42 bits per heavy atom. The van der Waals surface area contributed by atoms with Gasteiger partial charge in [-0.15, -0.1) is 17.5 Å². The van der Waals surface area contributed by atoms with Gasteiger partial charge in [0.15, 0.2) is 0 Å². The highest BCUT2D eigenvalue weighted by molar-refractivity contribution is 5.95. The van der Waals surface area contributed by atoms with E-state index < -0.39 is 0 Å². The number of rotatable bonds is 6. The summed E-state index contributed by atoms with van der Waals surface area (Å²) in [6, 6.07) is 1.84. The van der Waals surface area contributed by atoms with Gasteiger partial charge in [-0.3, -0.25) is 14.3 Å². The Hall–Kier alpha value is -2.19. The van der Waals surface area contributed by atoms with Crippen LogP contribution >= 0.6 is 12.4 Å². The fourth-order valence-electron chi connectivity index (χ4n) is 3.17. The van der Waals surface area contributed by atoms with Crippen LogP contribution in [0.4, 0.5) is 0 Å². The zero-order valence-electron chi connectivity index (χ0n) is 14.9. The summed E-state index contributed by atoms with van der Waals surface area (Å²) in [5, 5.41) is 13.7. The first-order valence-corrected chi connectivity index (χ1v) is 8.68. The number of carbonyl (C=O) groups is 1. The molecular formula is C17H25ClN6O2. The molecule has 142 valence electrons. The molecule has 3 heterocycles. The average molecular weight is 381 g/mol. The third kappa shape index (κ3) is 4.92. The predicted molar refractivity (Wildman–Crippen MR) is 101 cm³/mol. The zero-order valence-corrected chi connectivity index (χ0v) is 15.7. The Labute approximate surface area is 158 Å². The first-order valence-electron chi connectivity index (χ1n) is 8.68. The second-order valence-corrected chi connectivity index (χ2v) is 6.47. The van der Waals surface area contributed by atoms with E-state index in [2.05, 4.69) is 20.9 Å². The van der Waals surface area contributed by atoms with Crippen LogP contribution in [0.5, 0.6) is 0 Å². The maximum atomic E-state index is 12.8. The number of nitrogens with one attached hydrogen (secondary N) is 2. The van der Waals surface area contributed by atoms with E-state index >= 15 is 0 Å². The van der Waals surface area contributed by atoms with Gasteiger partial charge >= 0.3 is 0 Å². The van der Waals surface area contributed by atoms with E-state index in [4.69, 9.17) is 0 Å². The molecule has 0 radical (unpaired) electrons. The van der Waals surface area contributed by atoms with Crippen molar-refractivity contribution < 1.29 is 4.79 Å². The van der Waals surface area contributed by atoms with Gasteiger partial charge in [0.05, 0.1) is 12.7 Å². The number of hydrogen-bond donors (Lipinski definition) is 2. The lowest BCUT2D eigenvalue weighted by atomic mass is 9.99. The molecule has 1 fully saturated rings. The van der Waals surface area contributed by atoms with Gasteiger partial charge in [-0.25, -0.2) is 0 Å². The Bertz CT molecular complexity index is 768. The van der Waals surface area contributed by atoms with E-state index in [1.165, 1.54) is 0 Å². The SMILES string of the molecule is Cc1ccn(CC2CCCNC2)c(=O)c1C(=O)NCCn1ccnn1.Cl. The van der Waals surface area contributed by atoms with Crippen molar-refractivity contribution in [3.05, 3.63) is 46.1 Å². The van der Waals surface area contributed by atoms with Crippen LogP contribution in [0.3, 0.4) is 0 Å². The zero-order chi connectivity index (χ0) is 17.6. The van der Waals surface area contributed by atoms with E-state index in [9.17, 15) is 9.59 Å². The monoisotopic (exact) mass is 380 g/mol.